The number of urea groups is 1. The van der Waals surface area contributed by atoms with E-state index in [2.05, 4.69) is 10.6 Å². The molecular formula is C24H24F4N2O4S. The molecule has 0 atom stereocenters. The second-order valence-electron chi connectivity index (χ2n) is 8.58. The number of anilines is 2. The molecule has 1 aliphatic heterocycles. The minimum atomic E-state index is -4.93. The van der Waals surface area contributed by atoms with Crippen molar-refractivity contribution in [2.75, 3.05) is 29.6 Å². The number of nitrogens with one attached hydrogen (secondary N) is 2. The molecule has 2 aromatic rings. The number of carbonyl (C=O) groups is 1. The highest BCUT2D eigenvalue weighted by Crippen LogP contribution is 2.35. The monoisotopic (exact) mass is 512 g/mol. The van der Waals surface area contributed by atoms with Crippen LogP contribution in [0.15, 0.2) is 47.4 Å². The van der Waals surface area contributed by atoms with E-state index in [0.29, 0.717) is 49.7 Å². The Bertz CT molecular complexity index is 1250. The summed E-state index contributed by atoms with van der Waals surface area (Å²) in [5, 5.41) is 4.80. The number of alkyl halides is 3. The van der Waals surface area contributed by atoms with Crippen LogP contribution in [0.3, 0.4) is 0 Å². The molecule has 4 rings (SSSR count). The van der Waals surface area contributed by atoms with Gasteiger partial charge in [-0.2, -0.15) is 13.2 Å². The largest absolute Gasteiger partial charge is 0.419 e. The Labute approximate surface area is 200 Å². The zero-order chi connectivity index (χ0) is 25.2. The van der Waals surface area contributed by atoms with Gasteiger partial charge in [0.05, 0.1) is 35.1 Å². The van der Waals surface area contributed by atoms with Gasteiger partial charge in [0, 0.05) is 11.3 Å². The van der Waals surface area contributed by atoms with Crippen LogP contribution in [0.4, 0.5) is 33.7 Å². The van der Waals surface area contributed by atoms with E-state index in [9.17, 15) is 30.8 Å². The third-order valence-electron chi connectivity index (χ3n) is 5.93. The standard InChI is InChI=1S/C24H24F4N2O4S/c25-21-6-3-17(13-20(21)24(26,27)28)29-23(31)30-22-14-18(35(32,33)12-9-15-1-2-15)4-5-19(22)16-7-10-34-11-8-16/h3-7,13-15H,1-2,8-12H2,(H2,29,30,31). The Morgan fingerprint density at radius 2 is 1.86 bits per heavy atom. The third kappa shape index (κ3) is 6.40. The van der Waals surface area contributed by atoms with Crippen molar-refractivity contribution in [3.63, 3.8) is 0 Å². The Hall–Kier alpha value is -2.92. The quantitative estimate of drug-likeness (QED) is 0.455. The summed E-state index contributed by atoms with van der Waals surface area (Å²) in [7, 11) is -3.59. The second kappa shape index (κ2) is 9.98. The highest BCUT2D eigenvalue weighted by molar-refractivity contribution is 7.91. The summed E-state index contributed by atoms with van der Waals surface area (Å²) >= 11 is 0. The number of hydrogen-bond donors (Lipinski definition) is 2. The number of carbonyl (C=O) groups excluding carboxylic acids is 1. The normalized spacial score (nSPS) is 16.5. The topological polar surface area (TPSA) is 84.5 Å². The maximum absolute atomic E-state index is 13.6. The first-order valence-corrected chi connectivity index (χ1v) is 12.8. The molecule has 35 heavy (non-hydrogen) atoms. The van der Waals surface area contributed by atoms with E-state index < -0.39 is 33.4 Å². The lowest BCUT2D eigenvalue weighted by Crippen LogP contribution is -2.21. The smallest absolute Gasteiger partial charge is 0.377 e. The van der Waals surface area contributed by atoms with Gasteiger partial charge in [-0.25, -0.2) is 17.6 Å². The zero-order valence-electron chi connectivity index (χ0n) is 18.6. The van der Waals surface area contributed by atoms with Gasteiger partial charge in [-0.3, -0.25) is 0 Å². The number of amides is 2. The Morgan fingerprint density at radius 3 is 2.51 bits per heavy atom. The number of hydrogen-bond acceptors (Lipinski definition) is 4. The van der Waals surface area contributed by atoms with Crippen LogP contribution in [0.2, 0.25) is 0 Å². The van der Waals surface area contributed by atoms with E-state index in [1.165, 1.54) is 12.1 Å². The number of ether oxygens (including phenoxy) is 1. The van der Waals surface area contributed by atoms with Gasteiger partial charge in [0.25, 0.3) is 0 Å². The number of benzene rings is 2. The van der Waals surface area contributed by atoms with Crippen molar-refractivity contribution in [2.45, 2.75) is 36.8 Å². The molecule has 1 saturated carbocycles. The van der Waals surface area contributed by atoms with Crippen LogP contribution >= 0.6 is 0 Å². The van der Waals surface area contributed by atoms with E-state index in [1.807, 2.05) is 6.08 Å². The minimum absolute atomic E-state index is 0.00498. The van der Waals surface area contributed by atoms with Crippen LogP contribution in [-0.4, -0.2) is 33.4 Å². The summed E-state index contributed by atoms with van der Waals surface area (Å²) < 4.78 is 83.6. The number of rotatable bonds is 7. The molecule has 0 aromatic heterocycles. The molecule has 2 amide bonds. The fraction of sp³-hybridized carbons (Fsp3) is 0.375. The van der Waals surface area contributed by atoms with Crippen molar-refractivity contribution in [3.05, 3.63) is 59.4 Å². The summed E-state index contributed by atoms with van der Waals surface area (Å²) in [5.74, 6) is -1.03. The van der Waals surface area contributed by atoms with E-state index in [0.717, 1.165) is 24.5 Å². The molecule has 2 aromatic carbocycles. The van der Waals surface area contributed by atoms with Gasteiger partial charge >= 0.3 is 12.2 Å². The molecule has 6 nitrogen and oxygen atoms in total. The average Bonchev–Trinajstić information content (AvgIpc) is 3.63. The van der Waals surface area contributed by atoms with Gasteiger partial charge in [-0.1, -0.05) is 25.0 Å². The highest BCUT2D eigenvalue weighted by Gasteiger charge is 2.34. The van der Waals surface area contributed by atoms with Crippen molar-refractivity contribution < 1.29 is 35.5 Å². The van der Waals surface area contributed by atoms with Crippen molar-refractivity contribution in [2.24, 2.45) is 5.92 Å². The molecule has 0 radical (unpaired) electrons. The lowest BCUT2D eigenvalue weighted by Gasteiger charge is -2.19. The fourth-order valence-corrected chi connectivity index (χ4v) is 5.28. The molecule has 188 valence electrons. The Morgan fingerprint density at radius 1 is 1.09 bits per heavy atom. The minimum Gasteiger partial charge on any atom is -0.377 e. The van der Waals surface area contributed by atoms with Gasteiger partial charge < -0.3 is 15.4 Å². The molecule has 0 bridgehead atoms. The van der Waals surface area contributed by atoms with Crippen LogP contribution in [-0.2, 0) is 20.8 Å². The Balaban J connectivity index is 1.60. The molecule has 11 heteroatoms. The first-order chi connectivity index (χ1) is 16.5. The summed E-state index contributed by atoms with van der Waals surface area (Å²) in [5.41, 5.74) is -0.154. The highest BCUT2D eigenvalue weighted by atomic mass is 32.2. The van der Waals surface area contributed by atoms with Crippen molar-refractivity contribution in [1.82, 2.24) is 0 Å². The zero-order valence-corrected chi connectivity index (χ0v) is 19.4. The molecule has 0 unspecified atom stereocenters. The van der Waals surface area contributed by atoms with Gasteiger partial charge in [0.15, 0.2) is 9.84 Å². The van der Waals surface area contributed by atoms with E-state index >= 15 is 0 Å². The summed E-state index contributed by atoms with van der Waals surface area (Å²) in [6, 6.07) is 5.68. The predicted molar refractivity (Wildman–Crippen MR) is 123 cm³/mol. The number of halogens is 4. The van der Waals surface area contributed by atoms with Crippen LogP contribution in [0.25, 0.3) is 5.57 Å². The van der Waals surface area contributed by atoms with Crippen molar-refractivity contribution >= 4 is 32.8 Å². The third-order valence-corrected chi connectivity index (χ3v) is 7.67. The molecule has 1 fully saturated rings. The molecular weight excluding hydrogens is 488 g/mol. The maximum atomic E-state index is 13.6. The molecule has 2 aliphatic rings. The molecule has 0 saturated heterocycles. The van der Waals surface area contributed by atoms with Gasteiger partial charge in [-0.05, 0) is 54.7 Å². The average molecular weight is 513 g/mol. The SMILES string of the molecule is O=C(Nc1ccc(F)c(C(F)(F)F)c1)Nc1cc(S(=O)(=O)CCC2CC2)ccc1C1=CCOCC1. The predicted octanol–water partition coefficient (Wildman–Crippen LogP) is 5.87. The van der Waals surface area contributed by atoms with E-state index in [-0.39, 0.29) is 22.0 Å². The summed E-state index contributed by atoms with van der Waals surface area (Å²) in [6.45, 7) is 0.812. The fourth-order valence-electron chi connectivity index (χ4n) is 3.82. The number of sulfone groups is 1. The molecule has 1 aliphatic carbocycles. The van der Waals surface area contributed by atoms with Crippen LogP contribution < -0.4 is 10.6 Å². The molecule has 0 spiro atoms. The summed E-state index contributed by atoms with van der Waals surface area (Å²) in [6.07, 6.45) is 0.0516. The lowest BCUT2D eigenvalue weighted by atomic mass is 9.99. The lowest BCUT2D eigenvalue weighted by molar-refractivity contribution is -0.139. The van der Waals surface area contributed by atoms with Crippen molar-refractivity contribution in [3.8, 4) is 0 Å². The maximum Gasteiger partial charge on any atom is 0.419 e. The first kappa shape index (κ1) is 25.2. The second-order valence-corrected chi connectivity index (χ2v) is 10.7. The van der Waals surface area contributed by atoms with E-state index in [1.54, 1.807) is 6.07 Å². The van der Waals surface area contributed by atoms with Gasteiger partial charge in [0.1, 0.15) is 5.82 Å². The van der Waals surface area contributed by atoms with Crippen molar-refractivity contribution in [1.29, 1.82) is 0 Å². The molecule has 1 heterocycles. The van der Waals surface area contributed by atoms with E-state index in [4.69, 9.17) is 4.74 Å². The van der Waals surface area contributed by atoms with Gasteiger partial charge in [-0.15, -0.1) is 0 Å². The molecule has 2 N–H and O–H groups in total. The Kier molecular flexibility index (Phi) is 7.18. The van der Waals surface area contributed by atoms with Gasteiger partial charge in [0.2, 0.25) is 0 Å². The summed E-state index contributed by atoms with van der Waals surface area (Å²) in [4.78, 5) is 12.7. The van der Waals surface area contributed by atoms with Crippen LogP contribution in [0, 0.1) is 11.7 Å². The van der Waals surface area contributed by atoms with Crippen LogP contribution in [0.1, 0.15) is 36.8 Å². The van der Waals surface area contributed by atoms with Crippen LogP contribution in [0.5, 0.6) is 0 Å². The first-order valence-electron chi connectivity index (χ1n) is 11.1.